The third-order valence-corrected chi connectivity index (χ3v) is 5.03. The lowest BCUT2D eigenvalue weighted by Gasteiger charge is -2.41. The van der Waals surface area contributed by atoms with Crippen LogP contribution in [0.25, 0.3) is 0 Å². The van der Waals surface area contributed by atoms with Gasteiger partial charge in [-0.25, -0.2) is 0 Å². The quantitative estimate of drug-likeness (QED) is 0.899. The average Bonchev–Trinajstić information content (AvgIpc) is 2.95. The zero-order valence-corrected chi connectivity index (χ0v) is 12.2. The summed E-state index contributed by atoms with van der Waals surface area (Å²) in [5.74, 6) is 1.35. The fourth-order valence-electron chi connectivity index (χ4n) is 2.99. The fourth-order valence-corrected chi connectivity index (χ4v) is 3.81. The Kier molecular flexibility index (Phi) is 3.65. The van der Waals surface area contributed by atoms with Crippen molar-refractivity contribution in [3.8, 4) is 5.75 Å². The van der Waals surface area contributed by atoms with Crippen molar-refractivity contribution in [2.75, 3.05) is 20.2 Å². The van der Waals surface area contributed by atoms with E-state index in [1.165, 1.54) is 11.3 Å². The lowest BCUT2D eigenvalue weighted by Crippen LogP contribution is -2.55. The second-order valence-electron chi connectivity index (χ2n) is 5.36. The third kappa shape index (κ3) is 2.52. The van der Waals surface area contributed by atoms with Crippen LogP contribution in [0.3, 0.4) is 0 Å². The van der Waals surface area contributed by atoms with Gasteiger partial charge in [0, 0.05) is 37.0 Å². The Labute approximate surface area is 121 Å². The summed E-state index contributed by atoms with van der Waals surface area (Å²) < 4.78 is 5.12. The van der Waals surface area contributed by atoms with E-state index in [-0.39, 0.29) is 17.9 Å². The number of ether oxygens (including phenoxy) is 1. The first-order chi connectivity index (χ1) is 9.67. The van der Waals surface area contributed by atoms with Crippen molar-refractivity contribution in [1.29, 1.82) is 0 Å². The molecule has 0 aromatic carbocycles. The van der Waals surface area contributed by atoms with Crippen LogP contribution in [0.4, 0.5) is 0 Å². The highest BCUT2D eigenvalue weighted by atomic mass is 32.1. The van der Waals surface area contributed by atoms with E-state index in [0.29, 0.717) is 18.9 Å². The molecule has 0 spiro atoms. The van der Waals surface area contributed by atoms with Gasteiger partial charge in [-0.3, -0.25) is 9.59 Å². The van der Waals surface area contributed by atoms with Crippen LogP contribution in [0.2, 0.25) is 0 Å². The van der Waals surface area contributed by atoms with Crippen LogP contribution in [0, 0.1) is 5.92 Å². The molecule has 108 valence electrons. The molecule has 2 fully saturated rings. The molecule has 3 heterocycles. The number of hydrogen-bond acceptors (Lipinski definition) is 4. The molecule has 1 aromatic heterocycles. The second-order valence-corrected chi connectivity index (χ2v) is 6.27. The smallest absolute Gasteiger partial charge is 0.264 e. The molecule has 5 nitrogen and oxygen atoms in total. The summed E-state index contributed by atoms with van der Waals surface area (Å²) in [6.45, 7) is 1.45. The van der Waals surface area contributed by atoms with Crippen molar-refractivity contribution in [1.82, 2.24) is 10.2 Å². The van der Waals surface area contributed by atoms with Crippen LogP contribution >= 0.6 is 11.3 Å². The topological polar surface area (TPSA) is 58.6 Å². The molecular weight excluding hydrogens is 276 g/mol. The van der Waals surface area contributed by atoms with Crippen LogP contribution < -0.4 is 10.1 Å². The Balaban J connectivity index is 1.66. The van der Waals surface area contributed by atoms with Crippen LogP contribution in [0.15, 0.2) is 11.4 Å². The predicted octanol–water partition coefficient (Wildman–Crippen LogP) is 1.50. The first kappa shape index (κ1) is 13.4. The first-order valence-corrected chi connectivity index (χ1v) is 7.76. The van der Waals surface area contributed by atoms with Gasteiger partial charge in [0.2, 0.25) is 5.91 Å². The number of methoxy groups -OCH3 is 1. The molecule has 2 aliphatic heterocycles. The molecule has 2 unspecified atom stereocenters. The van der Waals surface area contributed by atoms with Crippen molar-refractivity contribution in [2.24, 2.45) is 5.92 Å². The molecule has 0 saturated carbocycles. The molecule has 3 rings (SSSR count). The van der Waals surface area contributed by atoms with E-state index >= 15 is 0 Å². The van der Waals surface area contributed by atoms with E-state index in [0.717, 1.165) is 30.0 Å². The zero-order chi connectivity index (χ0) is 14.1. The normalized spacial score (nSPS) is 25.9. The maximum atomic E-state index is 12.5. The number of nitrogens with one attached hydrogen (secondary N) is 1. The second kappa shape index (κ2) is 5.44. The monoisotopic (exact) mass is 294 g/mol. The number of thiophene rings is 1. The summed E-state index contributed by atoms with van der Waals surface area (Å²) in [7, 11) is 1.60. The number of fused-ring (bicyclic) bond motifs is 1. The van der Waals surface area contributed by atoms with Gasteiger partial charge in [0.15, 0.2) is 0 Å². The molecule has 1 N–H and O–H groups in total. The molecule has 2 atom stereocenters. The van der Waals surface area contributed by atoms with Crippen LogP contribution in [0.5, 0.6) is 5.75 Å². The molecule has 6 heteroatoms. The minimum Gasteiger partial charge on any atom is -0.496 e. The molecule has 1 aromatic rings. The van der Waals surface area contributed by atoms with Gasteiger partial charge < -0.3 is 15.0 Å². The lowest BCUT2D eigenvalue weighted by molar-refractivity contribution is -0.125. The van der Waals surface area contributed by atoms with Gasteiger partial charge >= 0.3 is 0 Å². The molecule has 20 heavy (non-hydrogen) atoms. The van der Waals surface area contributed by atoms with Gasteiger partial charge in [-0.05, 0) is 18.8 Å². The summed E-state index contributed by atoms with van der Waals surface area (Å²) >= 11 is 1.42. The number of carbonyl (C=O) groups excluding carboxylic acids is 2. The molecular formula is C14H18N2O3S. The van der Waals surface area contributed by atoms with Gasteiger partial charge in [0.05, 0.1) is 12.0 Å². The summed E-state index contributed by atoms with van der Waals surface area (Å²) in [6.07, 6.45) is 2.31. The van der Waals surface area contributed by atoms with Gasteiger partial charge in [0.25, 0.3) is 5.91 Å². The summed E-state index contributed by atoms with van der Waals surface area (Å²) in [5, 5.41) is 4.88. The minimum absolute atomic E-state index is 0.0775. The van der Waals surface area contributed by atoms with E-state index in [1.54, 1.807) is 13.2 Å². The van der Waals surface area contributed by atoms with E-state index in [9.17, 15) is 9.59 Å². The van der Waals surface area contributed by atoms with Crippen LogP contribution in [-0.2, 0) is 4.79 Å². The lowest BCUT2D eigenvalue weighted by atomic mass is 9.85. The summed E-state index contributed by atoms with van der Waals surface area (Å²) in [4.78, 5) is 26.5. The molecule has 0 radical (unpaired) electrons. The molecule has 2 saturated heterocycles. The number of hydrogen-bond donors (Lipinski definition) is 1. The number of nitrogens with zero attached hydrogens (tertiary/aromatic N) is 1. The highest BCUT2D eigenvalue weighted by Crippen LogP contribution is 2.28. The maximum absolute atomic E-state index is 12.5. The van der Waals surface area contributed by atoms with Crippen molar-refractivity contribution in [3.63, 3.8) is 0 Å². The number of likely N-dealkylation sites (tertiary alicyclic amines) is 1. The highest BCUT2D eigenvalue weighted by Gasteiger charge is 2.35. The molecule has 2 aliphatic rings. The van der Waals surface area contributed by atoms with Crippen LogP contribution in [0.1, 0.15) is 28.9 Å². The minimum atomic E-state index is 0.0775. The number of piperidine rings is 2. The third-order valence-electron chi connectivity index (χ3n) is 4.13. The highest BCUT2D eigenvalue weighted by molar-refractivity contribution is 7.12. The van der Waals surface area contributed by atoms with Crippen molar-refractivity contribution < 1.29 is 14.3 Å². The Morgan fingerprint density at radius 1 is 1.50 bits per heavy atom. The van der Waals surface area contributed by atoms with E-state index < -0.39 is 0 Å². The number of rotatable bonds is 2. The first-order valence-electron chi connectivity index (χ1n) is 6.88. The Bertz CT molecular complexity index is 528. The summed E-state index contributed by atoms with van der Waals surface area (Å²) in [6, 6.07) is 2.04. The van der Waals surface area contributed by atoms with Gasteiger partial charge in [-0.1, -0.05) is 0 Å². The predicted molar refractivity (Wildman–Crippen MR) is 76.0 cm³/mol. The zero-order valence-electron chi connectivity index (χ0n) is 11.4. The van der Waals surface area contributed by atoms with E-state index in [1.807, 2.05) is 10.3 Å². The van der Waals surface area contributed by atoms with Crippen LogP contribution in [-0.4, -0.2) is 43.0 Å². The number of amides is 2. The molecule has 0 bridgehead atoms. The Morgan fingerprint density at radius 3 is 3.10 bits per heavy atom. The van der Waals surface area contributed by atoms with Gasteiger partial charge in [0.1, 0.15) is 5.75 Å². The standard InChI is InChI=1S/C14H18N2O3S/c1-19-10-6-12(20-8-10)14(18)16-5-4-11-9(7-16)2-3-13(17)15-11/h6,8-9,11H,2-5,7H2,1H3,(H,15,17). The van der Waals surface area contributed by atoms with Crippen molar-refractivity contribution >= 4 is 23.2 Å². The van der Waals surface area contributed by atoms with E-state index in [4.69, 9.17) is 4.74 Å². The Morgan fingerprint density at radius 2 is 2.35 bits per heavy atom. The van der Waals surface area contributed by atoms with E-state index in [2.05, 4.69) is 5.32 Å². The number of carbonyl (C=O) groups is 2. The Hall–Kier alpha value is -1.56. The maximum Gasteiger partial charge on any atom is 0.264 e. The van der Waals surface area contributed by atoms with Crippen molar-refractivity contribution in [3.05, 3.63) is 16.3 Å². The largest absolute Gasteiger partial charge is 0.496 e. The summed E-state index contributed by atoms with van der Waals surface area (Å²) in [5.41, 5.74) is 0. The molecule has 2 amide bonds. The fraction of sp³-hybridized carbons (Fsp3) is 0.571. The SMILES string of the molecule is COc1csc(C(=O)N2CCC3NC(=O)CCC3C2)c1. The molecule has 0 aliphatic carbocycles. The van der Waals surface area contributed by atoms with Gasteiger partial charge in [-0.2, -0.15) is 0 Å². The van der Waals surface area contributed by atoms with Crippen molar-refractivity contribution in [2.45, 2.75) is 25.3 Å². The average molecular weight is 294 g/mol. The van der Waals surface area contributed by atoms with Gasteiger partial charge in [-0.15, -0.1) is 11.3 Å².